The molecule has 2 bridgehead atoms. The minimum absolute atomic E-state index is 0.0399. The highest BCUT2D eigenvalue weighted by Crippen LogP contribution is 2.25. The molecule has 2 amide bonds. The molecule has 5 heteroatoms. The Labute approximate surface area is 82.4 Å². The lowest BCUT2D eigenvalue weighted by molar-refractivity contribution is -0.123. The molecule has 14 heavy (non-hydrogen) atoms. The highest BCUT2D eigenvalue weighted by atomic mass is 16.6. The van der Waals surface area contributed by atoms with Gasteiger partial charge in [0.2, 0.25) is 5.91 Å². The van der Waals surface area contributed by atoms with Gasteiger partial charge < -0.3 is 15.0 Å². The Morgan fingerprint density at radius 2 is 2.50 bits per heavy atom. The number of carbonyl (C=O) groups excluding carboxylic acids is 2. The minimum atomic E-state index is -0.295. The fourth-order valence-electron chi connectivity index (χ4n) is 2.15. The van der Waals surface area contributed by atoms with E-state index in [0.29, 0.717) is 19.6 Å². The molecule has 2 atom stereocenters. The Hall–Kier alpha value is -1.26. The molecule has 0 spiro atoms. The molecular formula is C9H14N2O3. The van der Waals surface area contributed by atoms with Crippen molar-refractivity contribution in [1.29, 1.82) is 0 Å². The van der Waals surface area contributed by atoms with E-state index in [2.05, 4.69) is 5.32 Å². The van der Waals surface area contributed by atoms with Gasteiger partial charge in [-0.05, 0) is 13.3 Å². The van der Waals surface area contributed by atoms with Crippen LogP contribution in [-0.4, -0.2) is 42.1 Å². The number of nitrogens with one attached hydrogen (secondary N) is 1. The third kappa shape index (κ3) is 1.54. The summed E-state index contributed by atoms with van der Waals surface area (Å²) in [5.74, 6) is 0.0399. The summed E-state index contributed by atoms with van der Waals surface area (Å²) in [5, 5.41) is 2.85. The third-order valence-electron chi connectivity index (χ3n) is 2.70. The summed E-state index contributed by atoms with van der Waals surface area (Å²) in [7, 11) is 0. The largest absolute Gasteiger partial charge is 0.450 e. The number of hydrogen-bond acceptors (Lipinski definition) is 3. The molecule has 2 aliphatic rings. The van der Waals surface area contributed by atoms with Crippen LogP contribution in [0.15, 0.2) is 0 Å². The fraction of sp³-hybridized carbons (Fsp3) is 0.778. The monoisotopic (exact) mass is 198 g/mol. The zero-order chi connectivity index (χ0) is 10.1. The van der Waals surface area contributed by atoms with Crippen molar-refractivity contribution in [3.63, 3.8) is 0 Å². The molecule has 2 rings (SSSR count). The van der Waals surface area contributed by atoms with Crippen molar-refractivity contribution in [3.8, 4) is 0 Å². The number of likely N-dealkylation sites (tertiary alicyclic amines) is 1. The second kappa shape index (κ2) is 3.48. The van der Waals surface area contributed by atoms with Crippen LogP contribution >= 0.6 is 0 Å². The van der Waals surface area contributed by atoms with Crippen molar-refractivity contribution >= 4 is 12.0 Å². The predicted molar refractivity (Wildman–Crippen MR) is 48.7 cm³/mol. The smallest absolute Gasteiger partial charge is 0.410 e. The minimum Gasteiger partial charge on any atom is -0.450 e. The Bertz CT molecular complexity index is 267. The summed E-state index contributed by atoms with van der Waals surface area (Å²) in [5.41, 5.74) is 0. The standard InChI is InChI=1S/C9H14N2O3/c1-2-14-9(13)11-5-6-3-7(11)4-8(12)10-6/h6-7H,2-5H2,1H3,(H,10,12)/t6-,7-/m1/s1. The molecule has 0 aliphatic carbocycles. The van der Waals surface area contributed by atoms with Crippen LogP contribution in [0.1, 0.15) is 19.8 Å². The van der Waals surface area contributed by atoms with Crippen molar-refractivity contribution in [2.24, 2.45) is 0 Å². The van der Waals surface area contributed by atoms with Crippen LogP contribution < -0.4 is 5.32 Å². The maximum Gasteiger partial charge on any atom is 0.410 e. The maximum atomic E-state index is 11.5. The molecule has 2 fully saturated rings. The van der Waals surface area contributed by atoms with E-state index in [4.69, 9.17) is 4.74 Å². The number of ether oxygens (including phenoxy) is 1. The van der Waals surface area contributed by atoms with Gasteiger partial charge in [0.25, 0.3) is 0 Å². The fourth-order valence-corrected chi connectivity index (χ4v) is 2.15. The van der Waals surface area contributed by atoms with Gasteiger partial charge in [-0.15, -0.1) is 0 Å². The number of rotatable bonds is 1. The molecule has 0 radical (unpaired) electrons. The van der Waals surface area contributed by atoms with Crippen molar-refractivity contribution in [2.45, 2.75) is 31.8 Å². The highest BCUT2D eigenvalue weighted by molar-refractivity contribution is 5.80. The highest BCUT2D eigenvalue weighted by Gasteiger charge is 2.41. The van der Waals surface area contributed by atoms with Gasteiger partial charge in [0.05, 0.1) is 6.61 Å². The second-order valence-corrected chi connectivity index (χ2v) is 3.71. The summed E-state index contributed by atoms with van der Waals surface area (Å²) in [4.78, 5) is 24.3. The molecule has 0 saturated carbocycles. The lowest BCUT2D eigenvalue weighted by Gasteiger charge is -2.22. The normalized spacial score (nSPS) is 30.1. The first-order chi connectivity index (χ1) is 6.70. The average molecular weight is 198 g/mol. The molecule has 1 N–H and O–H groups in total. The van der Waals surface area contributed by atoms with E-state index in [1.54, 1.807) is 11.8 Å². The predicted octanol–water partition coefficient (Wildman–Crippen LogP) is 0.106. The lowest BCUT2D eigenvalue weighted by Crippen LogP contribution is -2.40. The molecule has 5 nitrogen and oxygen atoms in total. The molecule has 2 saturated heterocycles. The molecule has 0 aromatic rings. The van der Waals surface area contributed by atoms with Crippen LogP contribution in [0.5, 0.6) is 0 Å². The quantitative estimate of drug-likeness (QED) is 0.650. The van der Waals surface area contributed by atoms with Gasteiger partial charge in [-0.25, -0.2) is 4.79 Å². The van der Waals surface area contributed by atoms with Gasteiger partial charge in [0.15, 0.2) is 0 Å². The number of fused-ring (bicyclic) bond motifs is 2. The second-order valence-electron chi connectivity index (χ2n) is 3.71. The first-order valence-corrected chi connectivity index (χ1v) is 4.93. The van der Waals surface area contributed by atoms with Gasteiger partial charge in [-0.1, -0.05) is 0 Å². The van der Waals surface area contributed by atoms with Crippen LogP contribution in [0.4, 0.5) is 4.79 Å². The third-order valence-corrected chi connectivity index (χ3v) is 2.70. The Morgan fingerprint density at radius 3 is 3.21 bits per heavy atom. The SMILES string of the molecule is CCOC(=O)N1C[C@H]2C[C@@H]1CC(=O)N2. The molecule has 0 aromatic carbocycles. The van der Waals surface area contributed by atoms with E-state index in [1.165, 1.54) is 0 Å². The van der Waals surface area contributed by atoms with Crippen molar-refractivity contribution < 1.29 is 14.3 Å². The van der Waals surface area contributed by atoms with E-state index >= 15 is 0 Å². The number of nitrogens with zero attached hydrogens (tertiary/aromatic N) is 1. The van der Waals surface area contributed by atoms with Crippen molar-refractivity contribution in [1.82, 2.24) is 10.2 Å². The van der Waals surface area contributed by atoms with Crippen LogP contribution in [-0.2, 0) is 9.53 Å². The first kappa shape index (κ1) is 9.30. The number of amides is 2. The van der Waals surface area contributed by atoms with Gasteiger partial charge in [0, 0.05) is 25.0 Å². The van der Waals surface area contributed by atoms with Gasteiger partial charge >= 0.3 is 6.09 Å². The topological polar surface area (TPSA) is 58.6 Å². The number of hydrogen-bond donors (Lipinski definition) is 1. The van der Waals surface area contributed by atoms with Gasteiger partial charge in [-0.2, -0.15) is 0 Å². The molecule has 78 valence electrons. The molecule has 2 heterocycles. The van der Waals surface area contributed by atoms with E-state index in [-0.39, 0.29) is 24.1 Å². The summed E-state index contributed by atoms with van der Waals surface area (Å²) in [6.07, 6.45) is 0.983. The van der Waals surface area contributed by atoms with Crippen molar-refractivity contribution in [3.05, 3.63) is 0 Å². The Kier molecular flexibility index (Phi) is 2.31. The van der Waals surface area contributed by atoms with Gasteiger partial charge in [0.1, 0.15) is 0 Å². The summed E-state index contributed by atoms with van der Waals surface area (Å²) >= 11 is 0. The van der Waals surface area contributed by atoms with E-state index in [0.717, 1.165) is 6.42 Å². The van der Waals surface area contributed by atoms with Gasteiger partial charge in [-0.3, -0.25) is 4.79 Å². The zero-order valence-corrected chi connectivity index (χ0v) is 8.16. The van der Waals surface area contributed by atoms with E-state index in [9.17, 15) is 9.59 Å². The van der Waals surface area contributed by atoms with Crippen molar-refractivity contribution in [2.75, 3.05) is 13.2 Å². The molecule has 0 aromatic heterocycles. The van der Waals surface area contributed by atoms with Crippen LogP contribution in [0.3, 0.4) is 0 Å². The van der Waals surface area contributed by atoms with Crippen LogP contribution in [0.2, 0.25) is 0 Å². The molecule has 2 aliphatic heterocycles. The van der Waals surface area contributed by atoms with Crippen LogP contribution in [0.25, 0.3) is 0 Å². The number of carbonyl (C=O) groups is 2. The Balaban J connectivity index is 2.02. The zero-order valence-electron chi connectivity index (χ0n) is 8.16. The summed E-state index contributed by atoms with van der Waals surface area (Å²) in [6.45, 7) is 2.76. The van der Waals surface area contributed by atoms with Crippen LogP contribution in [0, 0.1) is 0 Å². The van der Waals surface area contributed by atoms with E-state index < -0.39 is 0 Å². The molecular weight excluding hydrogens is 184 g/mol. The number of piperidine rings is 1. The summed E-state index contributed by atoms with van der Waals surface area (Å²) < 4.78 is 4.92. The lowest BCUT2D eigenvalue weighted by atomic mass is 10.0. The summed E-state index contributed by atoms with van der Waals surface area (Å²) in [6, 6.07) is 0.179. The average Bonchev–Trinajstić information content (AvgIpc) is 2.42. The Morgan fingerprint density at radius 1 is 1.71 bits per heavy atom. The first-order valence-electron chi connectivity index (χ1n) is 4.93. The maximum absolute atomic E-state index is 11.5. The van der Waals surface area contributed by atoms with E-state index in [1.807, 2.05) is 0 Å². The molecule has 0 unspecified atom stereocenters.